The molecule has 506 valence electrons. The lowest BCUT2D eigenvalue weighted by molar-refractivity contribution is -0.870. The Hall–Kier alpha value is -4.83. The molecule has 0 bridgehead atoms. The van der Waals surface area contributed by atoms with Crippen LogP contribution in [0, 0.1) is 0 Å². The lowest BCUT2D eigenvalue weighted by Gasteiger charge is -2.25. The van der Waals surface area contributed by atoms with E-state index in [-0.39, 0.29) is 32.2 Å². The Morgan fingerprint density at radius 1 is 0.337 bits per heavy atom. The summed E-state index contributed by atoms with van der Waals surface area (Å²) in [6, 6.07) is 0. The van der Waals surface area contributed by atoms with Crippen molar-refractivity contribution < 1.29 is 42.9 Å². The van der Waals surface area contributed by atoms with Crippen molar-refractivity contribution in [1.29, 1.82) is 0 Å². The molecule has 2 atom stereocenters. The first-order valence-electron chi connectivity index (χ1n) is 36.0. The molecular formula is C80H134NO8+. The van der Waals surface area contributed by atoms with Gasteiger partial charge in [-0.25, -0.2) is 4.79 Å². The van der Waals surface area contributed by atoms with E-state index in [1.54, 1.807) is 0 Å². The van der Waals surface area contributed by atoms with Crippen molar-refractivity contribution in [3.05, 3.63) is 146 Å². The Morgan fingerprint density at radius 3 is 0.899 bits per heavy atom. The molecule has 0 aromatic carbocycles. The molecule has 9 nitrogen and oxygen atoms in total. The molecule has 0 aliphatic rings. The van der Waals surface area contributed by atoms with Crippen LogP contribution in [0.4, 0.5) is 0 Å². The molecule has 0 fully saturated rings. The van der Waals surface area contributed by atoms with E-state index in [1.807, 2.05) is 21.1 Å². The first-order chi connectivity index (χ1) is 43.6. The first-order valence-corrected chi connectivity index (χ1v) is 36.0. The van der Waals surface area contributed by atoms with Gasteiger partial charge in [-0.1, -0.05) is 301 Å². The second-order valence-electron chi connectivity index (χ2n) is 24.8. The maximum Gasteiger partial charge on any atom is 0.361 e. The molecule has 0 radical (unpaired) electrons. The number of nitrogens with zero attached hydrogens (tertiary/aromatic N) is 1. The molecule has 2 unspecified atom stereocenters. The zero-order chi connectivity index (χ0) is 64.7. The molecule has 0 saturated heterocycles. The number of rotatable bonds is 65. The zero-order valence-electron chi connectivity index (χ0n) is 57.8. The highest BCUT2D eigenvalue weighted by Gasteiger charge is 2.25. The number of carboxylic acids is 1. The van der Waals surface area contributed by atoms with Gasteiger partial charge in [0.05, 0.1) is 34.4 Å². The number of hydrogen-bond acceptors (Lipinski definition) is 7. The van der Waals surface area contributed by atoms with Crippen LogP contribution in [-0.4, -0.2) is 87.4 Å². The third-order valence-corrected chi connectivity index (χ3v) is 15.1. The van der Waals surface area contributed by atoms with E-state index < -0.39 is 24.3 Å². The van der Waals surface area contributed by atoms with E-state index in [0.29, 0.717) is 23.9 Å². The number of carboxylic acid groups (broad SMARTS) is 1. The summed E-state index contributed by atoms with van der Waals surface area (Å²) in [6.45, 7) is 4.63. The van der Waals surface area contributed by atoms with E-state index in [9.17, 15) is 19.5 Å². The van der Waals surface area contributed by atoms with Crippen LogP contribution in [0.3, 0.4) is 0 Å². The summed E-state index contributed by atoms with van der Waals surface area (Å²) in [5, 5.41) is 9.75. The molecule has 0 heterocycles. The fourth-order valence-corrected chi connectivity index (χ4v) is 9.67. The minimum absolute atomic E-state index is 0.178. The van der Waals surface area contributed by atoms with Crippen LogP contribution in [0.2, 0.25) is 0 Å². The predicted molar refractivity (Wildman–Crippen MR) is 382 cm³/mol. The Kier molecular flexibility index (Phi) is 65.3. The first kappa shape index (κ1) is 84.2. The molecule has 0 spiro atoms. The van der Waals surface area contributed by atoms with Gasteiger partial charge in [0, 0.05) is 12.8 Å². The Balaban J connectivity index is 4.11. The normalized spacial score (nSPS) is 13.6. The average Bonchev–Trinajstić information content (AvgIpc) is 3.64. The number of esters is 2. The quantitative estimate of drug-likeness (QED) is 0.0211. The Labute approximate surface area is 547 Å². The van der Waals surface area contributed by atoms with Crippen LogP contribution >= 0.6 is 0 Å². The zero-order valence-corrected chi connectivity index (χ0v) is 57.8. The van der Waals surface area contributed by atoms with E-state index in [2.05, 4.69) is 160 Å². The SMILES string of the molecule is CC/C=C\C/C=C\C/C=C\C/C=C\C/C=C\C/C=C\C/C=C\CCCCCCCC(=O)OC(COC(=O)CCCCCCCCCCCCCCCCCCCCCCC/C=C\C/C=C\C/C=C\C/C=C\C/C=C\CC)COC(OCC[N+](C)(C)C)C(=O)O. The van der Waals surface area contributed by atoms with Gasteiger partial charge in [0.15, 0.2) is 6.10 Å². The summed E-state index contributed by atoms with van der Waals surface area (Å²) in [5.41, 5.74) is 0. The summed E-state index contributed by atoms with van der Waals surface area (Å²) >= 11 is 0. The number of hydrogen-bond donors (Lipinski definition) is 1. The Bertz CT molecular complexity index is 1970. The van der Waals surface area contributed by atoms with Crippen LogP contribution in [0.5, 0.6) is 0 Å². The van der Waals surface area contributed by atoms with Crippen LogP contribution in [0.25, 0.3) is 0 Å². The summed E-state index contributed by atoms with van der Waals surface area (Å²) in [5.74, 6) is -2.03. The van der Waals surface area contributed by atoms with Crippen molar-refractivity contribution in [2.45, 2.75) is 296 Å². The lowest BCUT2D eigenvalue weighted by atomic mass is 10.0. The number of aliphatic carboxylic acids is 1. The van der Waals surface area contributed by atoms with Crippen LogP contribution in [0.1, 0.15) is 284 Å². The van der Waals surface area contributed by atoms with E-state index in [1.165, 1.54) is 122 Å². The number of carbonyl (C=O) groups is 3. The smallest absolute Gasteiger partial charge is 0.361 e. The number of carbonyl (C=O) groups excluding carboxylic acids is 2. The third-order valence-electron chi connectivity index (χ3n) is 15.1. The highest BCUT2D eigenvalue weighted by molar-refractivity contribution is 5.71. The summed E-state index contributed by atoms with van der Waals surface area (Å²) in [6.07, 6.45) is 98.2. The van der Waals surface area contributed by atoms with Crippen LogP contribution < -0.4 is 0 Å². The van der Waals surface area contributed by atoms with E-state index in [0.717, 1.165) is 128 Å². The molecule has 1 N–H and O–H groups in total. The van der Waals surface area contributed by atoms with Gasteiger partial charge in [0.2, 0.25) is 0 Å². The molecule has 0 aromatic rings. The molecule has 0 amide bonds. The number of likely N-dealkylation sites (N-methyl/N-ethyl adjacent to an activating group) is 1. The number of quaternary nitrogens is 1. The molecule has 89 heavy (non-hydrogen) atoms. The van der Waals surface area contributed by atoms with Crippen molar-refractivity contribution in [2.75, 3.05) is 47.5 Å². The van der Waals surface area contributed by atoms with E-state index in [4.69, 9.17) is 18.9 Å². The molecular weight excluding hydrogens is 1100 g/mol. The maximum atomic E-state index is 12.9. The molecule has 0 saturated carbocycles. The Morgan fingerprint density at radius 2 is 0.607 bits per heavy atom. The van der Waals surface area contributed by atoms with Gasteiger partial charge in [-0.05, 0) is 116 Å². The topological polar surface area (TPSA) is 108 Å². The molecule has 0 aliphatic heterocycles. The summed E-state index contributed by atoms with van der Waals surface area (Å²) < 4.78 is 23.0. The third kappa shape index (κ3) is 70.5. The number of ether oxygens (including phenoxy) is 4. The van der Waals surface area contributed by atoms with Crippen molar-refractivity contribution in [3.63, 3.8) is 0 Å². The van der Waals surface area contributed by atoms with Crippen molar-refractivity contribution >= 4 is 17.9 Å². The monoisotopic (exact) mass is 1240 g/mol. The van der Waals surface area contributed by atoms with Gasteiger partial charge < -0.3 is 28.5 Å². The standard InChI is InChI=1S/C80H133NO8/c1-6-8-10-12-14-16-18-20-22-24-26-28-30-32-34-35-36-37-38-39-40-41-42-43-45-46-48-50-52-54-56-58-60-62-64-66-68-70-77(82)87-74-76(75-88-80(79(84)85)86-73-72-81(3,4)5)89-78(83)71-69-67-65-63-61-59-57-55-53-51-49-47-44-33-31-29-27-25-23-21-19-17-15-13-11-9-7-2/h8-11,14-17,20-23,26-29,32-34,44,49,51,55,57,76,80H,6-7,12-13,18-19,24-25,30-31,35-43,45-48,50,52-54,56,58-75H2,1-5H3/p+1/b10-8-,11-9-,16-14-,17-15-,22-20-,23-21-,28-26-,29-27-,34-32-,44-33-,51-49-,57-55-. The van der Waals surface area contributed by atoms with Crippen LogP contribution in [-0.2, 0) is 33.3 Å². The van der Waals surface area contributed by atoms with E-state index >= 15 is 0 Å². The molecule has 9 heteroatoms. The number of allylic oxidation sites excluding steroid dienone is 24. The summed E-state index contributed by atoms with van der Waals surface area (Å²) in [4.78, 5) is 37.6. The van der Waals surface area contributed by atoms with Gasteiger partial charge in [-0.15, -0.1) is 0 Å². The van der Waals surface area contributed by atoms with Gasteiger partial charge in [0.25, 0.3) is 6.29 Å². The van der Waals surface area contributed by atoms with Gasteiger partial charge >= 0.3 is 17.9 Å². The van der Waals surface area contributed by atoms with Crippen LogP contribution in [0.15, 0.2) is 146 Å². The lowest BCUT2D eigenvalue weighted by Crippen LogP contribution is -2.40. The van der Waals surface area contributed by atoms with Crippen molar-refractivity contribution in [3.8, 4) is 0 Å². The second-order valence-corrected chi connectivity index (χ2v) is 24.8. The summed E-state index contributed by atoms with van der Waals surface area (Å²) in [7, 11) is 5.97. The fraction of sp³-hybridized carbons (Fsp3) is 0.662. The largest absolute Gasteiger partial charge is 0.477 e. The van der Waals surface area contributed by atoms with Gasteiger partial charge in [-0.2, -0.15) is 0 Å². The highest BCUT2D eigenvalue weighted by Crippen LogP contribution is 2.17. The average molecular weight is 1240 g/mol. The number of unbranched alkanes of at least 4 members (excludes halogenated alkanes) is 26. The van der Waals surface area contributed by atoms with Crippen molar-refractivity contribution in [1.82, 2.24) is 0 Å². The molecule has 0 aliphatic carbocycles. The molecule has 0 rings (SSSR count). The highest BCUT2D eigenvalue weighted by atomic mass is 16.7. The van der Waals surface area contributed by atoms with Gasteiger partial charge in [-0.3, -0.25) is 9.59 Å². The van der Waals surface area contributed by atoms with Gasteiger partial charge in [0.1, 0.15) is 13.2 Å². The van der Waals surface area contributed by atoms with Crippen molar-refractivity contribution in [2.24, 2.45) is 0 Å². The molecule has 0 aromatic heterocycles. The predicted octanol–water partition coefficient (Wildman–Crippen LogP) is 22.7. The fourth-order valence-electron chi connectivity index (χ4n) is 9.67. The minimum Gasteiger partial charge on any atom is -0.477 e. The second kappa shape index (κ2) is 69.1. The minimum atomic E-state index is -1.52. The maximum absolute atomic E-state index is 12.9.